The lowest BCUT2D eigenvalue weighted by molar-refractivity contribution is 0.0526. The van der Waals surface area contributed by atoms with Gasteiger partial charge in [0.15, 0.2) is 0 Å². The second-order valence-electron chi connectivity index (χ2n) is 6.18. The zero-order chi connectivity index (χ0) is 19.9. The van der Waals surface area contributed by atoms with Crippen LogP contribution in [0.5, 0.6) is 0 Å². The summed E-state index contributed by atoms with van der Waals surface area (Å²) in [7, 11) is 0. The molecule has 0 saturated heterocycles. The fraction of sp³-hybridized carbons (Fsp3) is 0.136. The fourth-order valence-corrected chi connectivity index (χ4v) is 2.50. The van der Waals surface area contributed by atoms with Gasteiger partial charge < -0.3 is 15.4 Å². The summed E-state index contributed by atoms with van der Waals surface area (Å²) in [5, 5.41) is 5.99. The summed E-state index contributed by atoms with van der Waals surface area (Å²) in [6.45, 7) is 4.10. The van der Waals surface area contributed by atoms with Crippen LogP contribution in [-0.2, 0) is 4.74 Å². The second kappa shape index (κ2) is 8.81. The number of hydrogen-bond donors (Lipinski definition) is 2. The lowest BCUT2D eigenvalue weighted by Crippen LogP contribution is -2.14. The molecule has 6 nitrogen and oxygen atoms in total. The van der Waals surface area contributed by atoms with Crippen LogP contribution in [0.2, 0.25) is 0 Å². The summed E-state index contributed by atoms with van der Waals surface area (Å²) in [6, 6.07) is 18.0. The lowest BCUT2D eigenvalue weighted by Gasteiger charge is -2.08. The van der Waals surface area contributed by atoms with E-state index >= 15 is 0 Å². The topological polar surface area (TPSA) is 80.3 Å². The molecule has 3 rings (SSSR count). The standard InChI is InChI=1S/C22H21N3O3/c1-3-28-22(27)16-6-10-18(11-7-16)25-21(26)20-13-12-19(14-23-20)24-17-8-4-15(2)5-9-17/h4-14,24H,3H2,1-2H3,(H,25,26). The number of carbonyl (C=O) groups excluding carboxylic acids is 2. The first kappa shape index (κ1) is 19.1. The molecular weight excluding hydrogens is 354 g/mol. The summed E-state index contributed by atoms with van der Waals surface area (Å²) in [4.78, 5) is 28.2. The van der Waals surface area contributed by atoms with E-state index in [9.17, 15) is 9.59 Å². The van der Waals surface area contributed by atoms with E-state index in [0.717, 1.165) is 11.4 Å². The Hall–Kier alpha value is -3.67. The predicted molar refractivity (Wildman–Crippen MR) is 109 cm³/mol. The number of aromatic nitrogens is 1. The van der Waals surface area contributed by atoms with Crippen molar-refractivity contribution in [3.63, 3.8) is 0 Å². The van der Waals surface area contributed by atoms with E-state index in [0.29, 0.717) is 23.6 Å². The van der Waals surface area contributed by atoms with Crippen molar-refractivity contribution >= 4 is 28.9 Å². The highest BCUT2D eigenvalue weighted by molar-refractivity contribution is 6.03. The van der Waals surface area contributed by atoms with Crippen LogP contribution >= 0.6 is 0 Å². The molecule has 0 fully saturated rings. The number of hydrogen-bond acceptors (Lipinski definition) is 5. The Morgan fingerprint density at radius 3 is 2.14 bits per heavy atom. The van der Waals surface area contributed by atoms with Crippen molar-refractivity contribution in [2.75, 3.05) is 17.2 Å². The quantitative estimate of drug-likeness (QED) is 0.617. The average Bonchev–Trinajstić information content (AvgIpc) is 2.71. The molecule has 6 heteroatoms. The maximum absolute atomic E-state index is 12.4. The minimum atomic E-state index is -0.390. The maximum atomic E-state index is 12.4. The number of nitrogens with one attached hydrogen (secondary N) is 2. The van der Waals surface area contributed by atoms with Gasteiger partial charge in [0.2, 0.25) is 0 Å². The number of anilines is 3. The molecule has 0 radical (unpaired) electrons. The molecule has 3 aromatic rings. The molecule has 0 aliphatic rings. The van der Waals surface area contributed by atoms with Crippen LogP contribution in [0, 0.1) is 6.92 Å². The minimum absolute atomic E-state index is 0.295. The van der Waals surface area contributed by atoms with Gasteiger partial charge >= 0.3 is 5.97 Å². The number of aryl methyl sites for hydroxylation is 1. The van der Waals surface area contributed by atoms with E-state index in [-0.39, 0.29) is 5.91 Å². The van der Waals surface area contributed by atoms with E-state index in [2.05, 4.69) is 15.6 Å². The van der Waals surface area contributed by atoms with Crippen molar-refractivity contribution in [2.45, 2.75) is 13.8 Å². The van der Waals surface area contributed by atoms with Crippen LogP contribution < -0.4 is 10.6 Å². The molecule has 28 heavy (non-hydrogen) atoms. The minimum Gasteiger partial charge on any atom is -0.462 e. The maximum Gasteiger partial charge on any atom is 0.338 e. The molecular formula is C22H21N3O3. The lowest BCUT2D eigenvalue weighted by atomic mass is 10.2. The average molecular weight is 375 g/mol. The van der Waals surface area contributed by atoms with Crippen molar-refractivity contribution < 1.29 is 14.3 Å². The van der Waals surface area contributed by atoms with E-state index in [4.69, 9.17) is 4.74 Å². The Morgan fingerprint density at radius 1 is 0.893 bits per heavy atom. The molecule has 2 N–H and O–H groups in total. The molecule has 0 spiro atoms. The van der Waals surface area contributed by atoms with Gasteiger partial charge in [0.05, 0.1) is 24.1 Å². The molecule has 0 unspecified atom stereocenters. The third-order valence-corrected chi connectivity index (χ3v) is 3.99. The first-order valence-electron chi connectivity index (χ1n) is 8.93. The zero-order valence-electron chi connectivity index (χ0n) is 15.7. The Balaban J connectivity index is 1.61. The summed E-state index contributed by atoms with van der Waals surface area (Å²) in [5.41, 5.74) is 4.23. The first-order chi connectivity index (χ1) is 13.5. The third-order valence-electron chi connectivity index (χ3n) is 3.99. The number of carbonyl (C=O) groups is 2. The van der Waals surface area contributed by atoms with Crippen molar-refractivity contribution in [3.8, 4) is 0 Å². The van der Waals surface area contributed by atoms with Crippen molar-refractivity contribution in [1.29, 1.82) is 0 Å². The van der Waals surface area contributed by atoms with Crippen molar-refractivity contribution in [1.82, 2.24) is 4.98 Å². The van der Waals surface area contributed by atoms with Gasteiger partial charge in [-0.1, -0.05) is 17.7 Å². The van der Waals surface area contributed by atoms with Crippen LogP contribution in [0.25, 0.3) is 0 Å². The summed E-state index contributed by atoms with van der Waals surface area (Å²) >= 11 is 0. The highest BCUT2D eigenvalue weighted by atomic mass is 16.5. The number of pyridine rings is 1. The smallest absolute Gasteiger partial charge is 0.338 e. The Kier molecular flexibility index (Phi) is 6.01. The van der Waals surface area contributed by atoms with Crippen LogP contribution in [0.1, 0.15) is 33.3 Å². The second-order valence-corrected chi connectivity index (χ2v) is 6.18. The van der Waals surface area contributed by atoms with Crippen LogP contribution in [0.4, 0.5) is 17.1 Å². The molecule has 1 aromatic heterocycles. The summed E-state index contributed by atoms with van der Waals surface area (Å²) in [6.07, 6.45) is 1.61. The first-order valence-corrected chi connectivity index (χ1v) is 8.93. The molecule has 1 amide bonds. The number of amides is 1. The van der Waals surface area contributed by atoms with Crippen LogP contribution in [0.3, 0.4) is 0 Å². The Labute approximate surface area is 163 Å². The molecule has 0 aliphatic carbocycles. The van der Waals surface area contributed by atoms with Gasteiger partial charge in [-0.15, -0.1) is 0 Å². The SMILES string of the molecule is CCOC(=O)c1ccc(NC(=O)c2ccc(Nc3ccc(C)cc3)cn2)cc1. The molecule has 1 heterocycles. The molecule has 0 saturated carbocycles. The van der Waals surface area contributed by atoms with Gasteiger partial charge in [-0.05, 0) is 62.4 Å². The van der Waals surface area contributed by atoms with Gasteiger partial charge in [-0.3, -0.25) is 4.79 Å². The predicted octanol–water partition coefficient (Wildman–Crippen LogP) is 4.56. The monoisotopic (exact) mass is 375 g/mol. The van der Waals surface area contributed by atoms with E-state index in [1.165, 1.54) is 5.56 Å². The van der Waals surface area contributed by atoms with E-state index < -0.39 is 5.97 Å². The highest BCUT2D eigenvalue weighted by Gasteiger charge is 2.10. The summed E-state index contributed by atoms with van der Waals surface area (Å²) in [5.74, 6) is -0.718. The van der Waals surface area contributed by atoms with E-state index in [1.807, 2.05) is 31.2 Å². The number of ether oxygens (including phenoxy) is 1. The fourth-order valence-electron chi connectivity index (χ4n) is 2.50. The van der Waals surface area contributed by atoms with Gasteiger partial charge in [0.25, 0.3) is 5.91 Å². The Bertz CT molecular complexity index is 950. The molecule has 0 atom stereocenters. The summed E-state index contributed by atoms with van der Waals surface area (Å²) < 4.78 is 4.94. The third kappa shape index (κ3) is 4.94. The van der Waals surface area contributed by atoms with Crippen LogP contribution in [-0.4, -0.2) is 23.5 Å². The van der Waals surface area contributed by atoms with Gasteiger partial charge in [0.1, 0.15) is 5.69 Å². The van der Waals surface area contributed by atoms with Crippen LogP contribution in [0.15, 0.2) is 66.9 Å². The largest absolute Gasteiger partial charge is 0.462 e. The highest BCUT2D eigenvalue weighted by Crippen LogP contribution is 2.17. The number of rotatable bonds is 6. The number of benzene rings is 2. The normalized spacial score (nSPS) is 10.2. The van der Waals surface area contributed by atoms with Crippen molar-refractivity contribution in [2.24, 2.45) is 0 Å². The molecule has 142 valence electrons. The molecule has 2 aromatic carbocycles. The van der Waals surface area contributed by atoms with Gasteiger partial charge in [0, 0.05) is 11.4 Å². The zero-order valence-corrected chi connectivity index (χ0v) is 15.7. The van der Waals surface area contributed by atoms with Crippen molar-refractivity contribution in [3.05, 3.63) is 83.7 Å². The number of nitrogens with zero attached hydrogens (tertiary/aromatic N) is 1. The van der Waals surface area contributed by atoms with E-state index in [1.54, 1.807) is 49.5 Å². The van der Waals surface area contributed by atoms with Gasteiger partial charge in [-0.25, -0.2) is 9.78 Å². The van der Waals surface area contributed by atoms with Gasteiger partial charge in [-0.2, -0.15) is 0 Å². The number of esters is 1. The Morgan fingerprint density at radius 2 is 1.54 bits per heavy atom. The molecule has 0 bridgehead atoms. The molecule has 0 aliphatic heterocycles.